The minimum absolute atomic E-state index is 0.0447. The molecule has 2 aromatic carbocycles. The fourth-order valence-electron chi connectivity index (χ4n) is 2.89. The summed E-state index contributed by atoms with van der Waals surface area (Å²) >= 11 is 0. The van der Waals surface area contributed by atoms with E-state index in [0.29, 0.717) is 22.7 Å². The summed E-state index contributed by atoms with van der Waals surface area (Å²) in [4.78, 5) is 24.4. The first-order valence-electron chi connectivity index (χ1n) is 7.62. The van der Waals surface area contributed by atoms with Gasteiger partial charge in [0.1, 0.15) is 0 Å². The van der Waals surface area contributed by atoms with E-state index in [1.54, 1.807) is 30.3 Å². The van der Waals surface area contributed by atoms with Crippen molar-refractivity contribution in [2.24, 2.45) is 0 Å². The monoisotopic (exact) mass is 324 g/mol. The molecule has 0 bridgehead atoms. The summed E-state index contributed by atoms with van der Waals surface area (Å²) in [6.45, 7) is 3.89. The third-order valence-electron chi connectivity index (χ3n) is 4.40. The van der Waals surface area contributed by atoms with E-state index in [9.17, 15) is 9.59 Å². The van der Waals surface area contributed by atoms with Gasteiger partial charge in [-0.1, -0.05) is 0 Å². The molecule has 0 atom stereocenters. The van der Waals surface area contributed by atoms with E-state index in [0.717, 1.165) is 11.3 Å². The number of hydrogen-bond donors (Lipinski definition) is 2. The highest BCUT2D eigenvalue weighted by Gasteiger charge is 2.38. The van der Waals surface area contributed by atoms with Crippen LogP contribution in [0.4, 0.5) is 11.4 Å². The second-order valence-corrected chi connectivity index (χ2v) is 6.36. The van der Waals surface area contributed by atoms with Crippen molar-refractivity contribution in [2.45, 2.75) is 19.3 Å². The molecule has 6 nitrogen and oxygen atoms in total. The quantitative estimate of drug-likeness (QED) is 0.890. The topological polar surface area (TPSA) is 76.7 Å². The van der Waals surface area contributed by atoms with Crippen molar-refractivity contribution in [3.8, 4) is 11.5 Å². The molecule has 24 heavy (non-hydrogen) atoms. The smallest absolute Gasteiger partial charge is 0.255 e. The van der Waals surface area contributed by atoms with Crippen molar-refractivity contribution in [3.05, 3.63) is 47.5 Å². The minimum atomic E-state index is -0.616. The maximum atomic E-state index is 12.4. The van der Waals surface area contributed by atoms with Crippen molar-refractivity contribution >= 4 is 23.2 Å². The summed E-state index contributed by atoms with van der Waals surface area (Å²) in [5.74, 6) is 0.906. The lowest BCUT2D eigenvalue weighted by Crippen LogP contribution is -2.26. The summed E-state index contributed by atoms with van der Waals surface area (Å²) < 4.78 is 10.5. The van der Waals surface area contributed by atoms with E-state index in [-0.39, 0.29) is 18.6 Å². The first-order chi connectivity index (χ1) is 11.4. The number of benzene rings is 2. The zero-order chi connectivity index (χ0) is 16.9. The van der Waals surface area contributed by atoms with Gasteiger partial charge in [-0.3, -0.25) is 9.59 Å². The molecule has 0 fully saturated rings. The number of amides is 2. The molecule has 2 N–H and O–H groups in total. The normalized spacial score (nSPS) is 16.5. The Morgan fingerprint density at radius 1 is 1.12 bits per heavy atom. The molecule has 2 aliphatic rings. The van der Waals surface area contributed by atoms with Gasteiger partial charge in [0.25, 0.3) is 5.91 Å². The molecule has 0 aromatic heterocycles. The number of anilines is 2. The molecule has 0 saturated heterocycles. The van der Waals surface area contributed by atoms with Gasteiger partial charge in [0, 0.05) is 16.9 Å². The summed E-state index contributed by atoms with van der Waals surface area (Å²) in [5, 5.41) is 5.70. The number of hydrogen-bond acceptors (Lipinski definition) is 4. The van der Waals surface area contributed by atoms with Gasteiger partial charge in [0.15, 0.2) is 11.5 Å². The zero-order valence-corrected chi connectivity index (χ0v) is 13.3. The Balaban J connectivity index is 1.59. The van der Waals surface area contributed by atoms with E-state index in [4.69, 9.17) is 9.47 Å². The van der Waals surface area contributed by atoms with Gasteiger partial charge in [0.2, 0.25) is 12.7 Å². The lowest BCUT2D eigenvalue weighted by Gasteiger charge is -2.16. The van der Waals surface area contributed by atoms with E-state index < -0.39 is 5.41 Å². The number of carbonyl (C=O) groups excluding carboxylic acids is 2. The Morgan fingerprint density at radius 2 is 1.92 bits per heavy atom. The highest BCUT2D eigenvalue weighted by molar-refractivity contribution is 6.08. The standard InChI is InChI=1S/C18H16N2O4/c1-18(2)12-8-11(4-5-13(12)20-17(18)22)19-16(21)10-3-6-14-15(7-10)24-9-23-14/h3-8H,9H2,1-2H3,(H,19,21)(H,20,22). The largest absolute Gasteiger partial charge is 0.454 e. The van der Waals surface area contributed by atoms with E-state index in [1.165, 1.54) is 0 Å². The van der Waals surface area contributed by atoms with Gasteiger partial charge < -0.3 is 20.1 Å². The average Bonchev–Trinajstić information content (AvgIpc) is 3.11. The molecule has 0 aliphatic carbocycles. The van der Waals surface area contributed by atoms with E-state index in [1.807, 2.05) is 19.9 Å². The maximum absolute atomic E-state index is 12.4. The van der Waals surface area contributed by atoms with Crippen molar-refractivity contribution < 1.29 is 19.1 Å². The Hall–Kier alpha value is -3.02. The minimum Gasteiger partial charge on any atom is -0.454 e. The molecule has 4 rings (SSSR count). The highest BCUT2D eigenvalue weighted by atomic mass is 16.7. The fourth-order valence-corrected chi connectivity index (χ4v) is 2.89. The van der Waals surface area contributed by atoms with Crippen LogP contribution < -0.4 is 20.1 Å². The van der Waals surface area contributed by atoms with Gasteiger partial charge in [-0.05, 0) is 55.8 Å². The lowest BCUT2D eigenvalue weighted by molar-refractivity contribution is -0.119. The molecular weight excluding hydrogens is 308 g/mol. The maximum Gasteiger partial charge on any atom is 0.255 e. The van der Waals surface area contributed by atoms with Crippen molar-refractivity contribution in [3.63, 3.8) is 0 Å². The van der Waals surface area contributed by atoms with Crippen LogP contribution in [-0.4, -0.2) is 18.6 Å². The Labute approximate surface area is 138 Å². The van der Waals surface area contributed by atoms with Gasteiger partial charge >= 0.3 is 0 Å². The second-order valence-electron chi connectivity index (χ2n) is 6.36. The molecule has 122 valence electrons. The molecule has 0 radical (unpaired) electrons. The summed E-state index contributed by atoms with van der Waals surface area (Å²) in [7, 11) is 0. The van der Waals surface area contributed by atoms with Crippen molar-refractivity contribution in [1.82, 2.24) is 0 Å². The van der Waals surface area contributed by atoms with Crippen LogP contribution in [0, 0.1) is 0 Å². The number of rotatable bonds is 2. The predicted molar refractivity (Wildman–Crippen MR) is 88.6 cm³/mol. The van der Waals surface area contributed by atoms with Crippen LogP contribution in [0.2, 0.25) is 0 Å². The molecule has 6 heteroatoms. The van der Waals surface area contributed by atoms with Gasteiger partial charge in [-0.2, -0.15) is 0 Å². The summed E-state index contributed by atoms with van der Waals surface area (Å²) in [6, 6.07) is 10.5. The molecule has 0 unspecified atom stereocenters. The number of ether oxygens (including phenoxy) is 2. The van der Waals surface area contributed by atoms with Gasteiger partial charge in [0.05, 0.1) is 5.41 Å². The molecular formula is C18H16N2O4. The van der Waals surface area contributed by atoms with E-state index >= 15 is 0 Å². The Kier molecular flexibility index (Phi) is 3.03. The number of fused-ring (bicyclic) bond motifs is 2. The SMILES string of the molecule is CC1(C)C(=O)Nc2ccc(NC(=O)c3ccc4c(c3)OCO4)cc21. The van der Waals surface area contributed by atoms with Crippen LogP contribution in [0.15, 0.2) is 36.4 Å². The molecule has 2 aliphatic heterocycles. The van der Waals surface area contributed by atoms with Crippen LogP contribution in [0.25, 0.3) is 0 Å². The first kappa shape index (κ1) is 14.6. The third kappa shape index (κ3) is 2.19. The zero-order valence-electron chi connectivity index (χ0n) is 13.3. The molecule has 2 aromatic rings. The lowest BCUT2D eigenvalue weighted by atomic mass is 9.86. The van der Waals surface area contributed by atoms with Gasteiger partial charge in [-0.25, -0.2) is 0 Å². The molecule has 2 amide bonds. The molecule has 0 spiro atoms. The summed E-state index contributed by atoms with van der Waals surface area (Å²) in [5.41, 5.74) is 2.16. The molecule has 2 heterocycles. The number of carbonyl (C=O) groups is 2. The second kappa shape index (κ2) is 4.99. The Bertz CT molecular complexity index is 873. The summed E-state index contributed by atoms with van der Waals surface area (Å²) in [6.07, 6.45) is 0. The Morgan fingerprint density at radius 3 is 2.75 bits per heavy atom. The highest BCUT2D eigenvalue weighted by Crippen LogP contribution is 2.39. The fraction of sp³-hybridized carbons (Fsp3) is 0.222. The third-order valence-corrected chi connectivity index (χ3v) is 4.40. The van der Waals surface area contributed by atoms with Gasteiger partial charge in [-0.15, -0.1) is 0 Å². The molecule has 0 saturated carbocycles. The number of nitrogens with one attached hydrogen (secondary N) is 2. The van der Waals surface area contributed by atoms with Crippen LogP contribution >= 0.6 is 0 Å². The average molecular weight is 324 g/mol. The van der Waals surface area contributed by atoms with E-state index in [2.05, 4.69) is 10.6 Å². The predicted octanol–water partition coefficient (Wildman–Crippen LogP) is 2.90. The van der Waals surface area contributed by atoms with Crippen LogP contribution in [-0.2, 0) is 10.2 Å². The van der Waals surface area contributed by atoms with Crippen LogP contribution in [0.3, 0.4) is 0 Å². The van der Waals surface area contributed by atoms with Crippen molar-refractivity contribution in [1.29, 1.82) is 0 Å². The van der Waals surface area contributed by atoms with Crippen molar-refractivity contribution in [2.75, 3.05) is 17.4 Å². The first-order valence-corrected chi connectivity index (χ1v) is 7.62. The van der Waals surface area contributed by atoms with Crippen LogP contribution in [0.1, 0.15) is 29.8 Å². The van der Waals surface area contributed by atoms with Crippen LogP contribution in [0.5, 0.6) is 11.5 Å².